The van der Waals surface area contributed by atoms with Crippen molar-refractivity contribution in [2.45, 2.75) is 13.8 Å². The molecule has 1 heteroatoms. The first-order chi connectivity index (χ1) is 8.68. The molecule has 2 aromatic carbocycles. The van der Waals surface area contributed by atoms with E-state index >= 15 is 0 Å². The quantitative estimate of drug-likeness (QED) is 0.586. The van der Waals surface area contributed by atoms with E-state index in [-0.39, 0.29) is 0 Å². The molecule has 3 rings (SSSR count). The van der Waals surface area contributed by atoms with Crippen molar-refractivity contribution in [3.05, 3.63) is 59.7 Å². The van der Waals surface area contributed by atoms with Crippen LogP contribution >= 0.6 is 0 Å². The minimum absolute atomic E-state index is 1.29. The molecule has 0 saturated carbocycles. The Balaban J connectivity index is 2.36. The fourth-order valence-corrected chi connectivity index (χ4v) is 2.75. The molecule has 0 aliphatic carbocycles. The van der Waals surface area contributed by atoms with Gasteiger partial charge in [-0.3, -0.25) is 0 Å². The standard InChI is InChI=1S/C17H17N/c1-12-7-6-8-13(2)17(12)16-11-14-9-4-5-10-15(14)18(16)3/h4-11H,1-3H3. The second-order valence-electron chi connectivity index (χ2n) is 4.91. The average molecular weight is 235 g/mol. The molecule has 1 nitrogen and oxygen atoms in total. The van der Waals surface area contributed by atoms with Gasteiger partial charge in [-0.15, -0.1) is 0 Å². The van der Waals surface area contributed by atoms with Crippen LogP contribution in [-0.2, 0) is 7.05 Å². The van der Waals surface area contributed by atoms with Gasteiger partial charge in [-0.05, 0) is 37.1 Å². The predicted octanol–water partition coefficient (Wildman–Crippen LogP) is 4.46. The number of hydrogen-bond donors (Lipinski definition) is 0. The molecular formula is C17H17N. The van der Waals surface area contributed by atoms with E-state index < -0.39 is 0 Å². The van der Waals surface area contributed by atoms with Gasteiger partial charge in [-0.2, -0.15) is 0 Å². The molecule has 0 aliphatic rings. The summed E-state index contributed by atoms with van der Waals surface area (Å²) in [5.41, 5.74) is 6.61. The third-order valence-corrected chi connectivity index (χ3v) is 3.69. The SMILES string of the molecule is Cc1cccc(C)c1-c1cc2ccccc2n1C. The number of benzene rings is 2. The maximum Gasteiger partial charge on any atom is 0.0494 e. The number of aryl methyl sites for hydroxylation is 3. The van der Waals surface area contributed by atoms with E-state index in [1.807, 2.05) is 0 Å². The Morgan fingerprint density at radius 3 is 2.17 bits per heavy atom. The van der Waals surface area contributed by atoms with Crippen molar-refractivity contribution in [2.24, 2.45) is 7.05 Å². The van der Waals surface area contributed by atoms with Crippen LogP contribution in [0, 0.1) is 13.8 Å². The van der Waals surface area contributed by atoms with Gasteiger partial charge >= 0.3 is 0 Å². The Bertz CT molecular complexity index is 699. The Labute approximate surface area is 108 Å². The van der Waals surface area contributed by atoms with Crippen molar-refractivity contribution in [2.75, 3.05) is 0 Å². The van der Waals surface area contributed by atoms with Crippen LogP contribution < -0.4 is 0 Å². The van der Waals surface area contributed by atoms with Crippen LogP contribution in [0.25, 0.3) is 22.2 Å². The lowest BCUT2D eigenvalue weighted by Gasteiger charge is -2.11. The third kappa shape index (κ3) is 1.55. The van der Waals surface area contributed by atoms with Crippen LogP contribution in [0.3, 0.4) is 0 Å². The lowest BCUT2D eigenvalue weighted by Crippen LogP contribution is -1.95. The van der Waals surface area contributed by atoms with Gasteiger partial charge < -0.3 is 4.57 Å². The van der Waals surface area contributed by atoms with Crippen LogP contribution in [0.5, 0.6) is 0 Å². The summed E-state index contributed by atoms with van der Waals surface area (Å²) in [6.45, 7) is 4.36. The Morgan fingerprint density at radius 1 is 0.833 bits per heavy atom. The molecule has 0 fully saturated rings. The average Bonchev–Trinajstić information content (AvgIpc) is 2.68. The normalized spacial score (nSPS) is 11.1. The van der Waals surface area contributed by atoms with Crippen molar-refractivity contribution in [1.82, 2.24) is 4.57 Å². The number of nitrogens with zero attached hydrogens (tertiary/aromatic N) is 1. The van der Waals surface area contributed by atoms with E-state index in [4.69, 9.17) is 0 Å². The fraction of sp³-hybridized carbons (Fsp3) is 0.176. The topological polar surface area (TPSA) is 4.93 Å². The number of hydrogen-bond acceptors (Lipinski definition) is 0. The van der Waals surface area contributed by atoms with Gasteiger partial charge in [-0.1, -0.05) is 36.4 Å². The molecule has 90 valence electrons. The molecular weight excluding hydrogens is 218 g/mol. The lowest BCUT2D eigenvalue weighted by atomic mass is 10.00. The highest BCUT2D eigenvalue weighted by Gasteiger charge is 2.11. The van der Waals surface area contributed by atoms with E-state index in [2.05, 4.69) is 74.0 Å². The largest absolute Gasteiger partial charge is 0.344 e. The number of rotatable bonds is 1. The Morgan fingerprint density at radius 2 is 1.50 bits per heavy atom. The van der Waals surface area contributed by atoms with E-state index in [0.717, 1.165) is 0 Å². The molecule has 0 bridgehead atoms. The Kier molecular flexibility index (Phi) is 2.48. The van der Waals surface area contributed by atoms with Crippen molar-refractivity contribution < 1.29 is 0 Å². The zero-order valence-corrected chi connectivity index (χ0v) is 11.1. The zero-order valence-electron chi connectivity index (χ0n) is 11.1. The van der Waals surface area contributed by atoms with E-state index in [9.17, 15) is 0 Å². The first-order valence-corrected chi connectivity index (χ1v) is 6.29. The molecule has 0 radical (unpaired) electrons. The van der Waals surface area contributed by atoms with Crippen molar-refractivity contribution in [1.29, 1.82) is 0 Å². The summed E-state index contributed by atoms with van der Waals surface area (Å²) in [5.74, 6) is 0. The van der Waals surface area contributed by atoms with E-state index in [1.54, 1.807) is 0 Å². The predicted molar refractivity (Wildman–Crippen MR) is 77.8 cm³/mol. The molecule has 1 aromatic heterocycles. The van der Waals surface area contributed by atoms with Crippen molar-refractivity contribution in [3.8, 4) is 11.3 Å². The van der Waals surface area contributed by atoms with E-state index in [0.29, 0.717) is 0 Å². The maximum atomic E-state index is 2.28. The monoisotopic (exact) mass is 235 g/mol. The van der Waals surface area contributed by atoms with Crippen molar-refractivity contribution >= 4 is 10.9 Å². The molecule has 1 heterocycles. The number of aromatic nitrogens is 1. The summed E-state index contributed by atoms with van der Waals surface area (Å²) in [5, 5.41) is 1.30. The molecule has 0 amide bonds. The summed E-state index contributed by atoms with van der Waals surface area (Å²) in [7, 11) is 2.14. The number of para-hydroxylation sites is 1. The molecule has 18 heavy (non-hydrogen) atoms. The van der Waals surface area contributed by atoms with Gasteiger partial charge in [0.05, 0.1) is 0 Å². The van der Waals surface area contributed by atoms with E-state index in [1.165, 1.54) is 33.3 Å². The molecule has 0 atom stereocenters. The van der Waals surface area contributed by atoms with Crippen molar-refractivity contribution in [3.63, 3.8) is 0 Å². The molecule has 0 N–H and O–H groups in total. The van der Waals surface area contributed by atoms with Crippen LogP contribution in [0.4, 0.5) is 0 Å². The highest BCUT2D eigenvalue weighted by Crippen LogP contribution is 2.31. The maximum absolute atomic E-state index is 2.28. The van der Waals surface area contributed by atoms with Gasteiger partial charge in [0.2, 0.25) is 0 Å². The highest BCUT2D eigenvalue weighted by molar-refractivity contribution is 5.88. The van der Waals surface area contributed by atoms with Gasteiger partial charge in [0.1, 0.15) is 0 Å². The number of fused-ring (bicyclic) bond motifs is 1. The molecule has 0 saturated heterocycles. The molecule has 0 spiro atoms. The smallest absolute Gasteiger partial charge is 0.0494 e. The molecule has 3 aromatic rings. The first-order valence-electron chi connectivity index (χ1n) is 6.29. The fourth-order valence-electron chi connectivity index (χ4n) is 2.75. The van der Waals surface area contributed by atoms with Gasteiger partial charge in [0.25, 0.3) is 0 Å². The van der Waals surface area contributed by atoms with Crippen LogP contribution in [0.1, 0.15) is 11.1 Å². The van der Waals surface area contributed by atoms with Gasteiger partial charge in [0.15, 0.2) is 0 Å². The Hall–Kier alpha value is -2.02. The second-order valence-corrected chi connectivity index (χ2v) is 4.91. The molecule has 0 aliphatic heterocycles. The zero-order chi connectivity index (χ0) is 12.7. The third-order valence-electron chi connectivity index (χ3n) is 3.69. The summed E-state index contributed by atoms with van der Waals surface area (Å²) in [6, 6.07) is 17.3. The first kappa shape index (κ1) is 11.1. The highest BCUT2D eigenvalue weighted by atomic mass is 14.9. The lowest BCUT2D eigenvalue weighted by molar-refractivity contribution is 0.974. The van der Waals surface area contributed by atoms with Gasteiger partial charge in [-0.25, -0.2) is 0 Å². The summed E-state index contributed by atoms with van der Waals surface area (Å²) in [6.07, 6.45) is 0. The minimum Gasteiger partial charge on any atom is -0.344 e. The summed E-state index contributed by atoms with van der Waals surface area (Å²) in [4.78, 5) is 0. The summed E-state index contributed by atoms with van der Waals surface area (Å²) < 4.78 is 2.28. The second kappa shape index (κ2) is 4.02. The summed E-state index contributed by atoms with van der Waals surface area (Å²) >= 11 is 0. The van der Waals surface area contributed by atoms with Gasteiger partial charge in [0, 0.05) is 29.2 Å². The van der Waals surface area contributed by atoms with Crippen LogP contribution in [0.2, 0.25) is 0 Å². The molecule has 0 unspecified atom stereocenters. The minimum atomic E-state index is 1.29. The van der Waals surface area contributed by atoms with Crippen LogP contribution in [0.15, 0.2) is 48.5 Å². The van der Waals surface area contributed by atoms with Crippen LogP contribution in [-0.4, -0.2) is 4.57 Å².